The van der Waals surface area contributed by atoms with Crippen molar-refractivity contribution in [2.24, 2.45) is 11.7 Å². The molecule has 2 aliphatic rings. The molecule has 2 aliphatic heterocycles. The van der Waals surface area contributed by atoms with Crippen molar-refractivity contribution in [2.75, 3.05) is 26.2 Å². The first kappa shape index (κ1) is 18.4. The third-order valence-electron chi connectivity index (χ3n) is 5.16. The first-order valence-corrected chi connectivity index (χ1v) is 9.25. The Morgan fingerprint density at radius 1 is 1.12 bits per heavy atom. The molecule has 140 valence electrons. The molecule has 1 aromatic carbocycles. The van der Waals surface area contributed by atoms with Crippen molar-refractivity contribution in [2.45, 2.75) is 31.7 Å². The summed E-state index contributed by atoms with van der Waals surface area (Å²) in [5, 5.41) is 6.22. The van der Waals surface area contributed by atoms with E-state index in [0.717, 1.165) is 32.2 Å². The highest BCUT2D eigenvalue weighted by Gasteiger charge is 2.26. The Balaban J connectivity index is 1.53. The zero-order valence-corrected chi connectivity index (χ0v) is 14.9. The van der Waals surface area contributed by atoms with Crippen molar-refractivity contribution >= 4 is 17.7 Å². The van der Waals surface area contributed by atoms with Crippen molar-refractivity contribution < 1.29 is 14.4 Å². The highest BCUT2D eigenvalue weighted by atomic mass is 16.2. The number of hydrogen-bond donors (Lipinski definition) is 3. The van der Waals surface area contributed by atoms with Crippen LogP contribution < -0.4 is 16.4 Å². The number of nitrogens with one attached hydrogen (secondary N) is 2. The van der Waals surface area contributed by atoms with E-state index in [1.54, 1.807) is 24.3 Å². The predicted molar refractivity (Wildman–Crippen MR) is 97.6 cm³/mol. The SMILES string of the molecule is NC(=O)c1ccc(C(=O)N2CCCC(CNC(=O)C3CCCN3)C2)cc1. The third kappa shape index (κ3) is 4.40. The second-order valence-electron chi connectivity index (χ2n) is 7.10. The summed E-state index contributed by atoms with van der Waals surface area (Å²) in [6.45, 7) is 2.85. The molecule has 0 saturated carbocycles. The van der Waals surface area contributed by atoms with Gasteiger partial charge in [-0.15, -0.1) is 0 Å². The molecule has 7 nitrogen and oxygen atoms in total. The molecule has 7 heteroatoms. The number of carbonyl (C=O) groups excluding carboxylic acids is 3. The number of amides is 3. The van der Waals surface area contributed by atoms with E-state index in [9.17, 15) is 14.4 Å². The standard InChI is InChI=1S/C19H26N4O3/c20-17(24)14-5-7-15(8-6-14)19(26)23-10-2-3-13(12-23)11-22-18(25)16-4-1-9-21-16/h5-8,13,16,21H,1-4,9-12H2,(H2,20,24)(H,22,25). The topological polar surface area (TPSA) is 105 Å². The summed E-state index contributed by atoms with van der Waals surface area (Å²) in [4.78, 5) is 37.8. The van der Waals surface area contributed by atoms with E-state index in [1.807, 2.05) is 4.90 Å². The minimum absolute atomic E-state index is 0.0468. The molecule has 2 fully saturated rings. The van der Waals surface area contributed by atoms with Gasteiger partial charge < -0.3 is 21.3 Å². The van der Waals surface area contributed by atoms with Crippen molar-refractivity contribution in [1.82, 2.24) is 15.5 Å². The first-order chi connectivity index (χ1) is 12.5. The van der Waals surface area contributed by atoms with E-state index < -0.39 is 5.91 Å². The van der Waals surface area contributed by atoms with Gasteiger partial charge in [-0.3, -0.25) is 14.4 Å². The fraction of sp³-hybridized carbons (Fsp3) is 0.526. The van der Waals surface area contributed by atoms with Crippen LogP contribution in [0.25, 0.3) is 0 Å². The summed E-state index contributed by atoms with van der Waals surface area (Å²) in [5.74, 6) is -0.222. The van der Waals surface area contributed by atoms with Gasteiger partial charge in [-0.25, -0.2) is 0 Å². The van der Waals surface area contributed by atoms with Gasteiger partial charge in [-0.05, 0) is 62.4 Å². The number of nitrogens with two attached hydrogens (primary N) is 1. The lowest BCUT2D eigenvalue weighted by molar-refractivity contribution is -0.123. The Bertz CT molecular complexity index is 668. The molecule has 1 aromatic rings. The average molecular weight is 358 g/mol. The van der Waals surface area contributed by atoms with Gasteiger partial charge in [-0.1, -0.05) is 0 Å². The normalized spacial score (nSPS) is 22.8. The number of carbonyl (C=O) groups is 3. The minimum atomic E-state index is -0.505. The third-order valence-corrected chi connectivity index (χ3v) is 5.16. The first-order valence-electron chi connectivity index (χ1n) is 9.25. The summed E-state index contributed by atoms with van der Waals surface area (Å²) >= 11 is 0. The number of hydrogen-bond acceptors (Lipinski definition) is 4. The molecule has 0 aliphatic carbocycles. The van der Waals surface area contributed by atoms with Gasteiger partial charge in [0, 0.05) is 30.8 Å². The average Bonchev–Trinajstić information content (AvgIpc) is 3.21. The van der Waals surface area contributed by atoms with Crippen LogP contribution in [0.1, 0.15) is 46.4 Å². The molecule has 0 aromatic heterocycles. The molecule has 0 bridgehead atoms. The second kappa shape index (κ2) is 8.31. The number of rotatable bonds is 5. The molecule has 2 heterocycles. The van der Waals surface area contributed by atoms with E-state index in [2.05, 4.69) is 10.6 Å². The van der Waals surface area contributed by atoms with Crippen LogP contribution in [-0.2, 0) is 4.79 Å². The summed E-state index contributed by atoms with van der Waals surface area (Å²) in [7, 11) is 0. The molecule has 26 heavy (non-hydrogen) atoms. The summed E-state index contributed by atoms with van der Waals surface area (Å²) in [6.07, 6.45) is 3.86. The lowest BCUT2D eigenvalue weighted by Gasteiger charge is -2.33. The van der Waals surface area contributed by atoms with Crippen LogP contribution in [0.3, 0.4) is 0 Å². The van der Waals surface area contributed by atoms with Gasteiger partial charge in [0.1, 0.15) is 0 Å². The van der Waals surface area contributed by atoms with Crippen LogP contribution in [0.5, 0.6) is 0 Å². The Morgan fingerprint density at radius 3 is 2.50 bits per heavy atom. The Kier molecular flexibility index (Phi) is 5.88. The molecule has 4 N–H and O–H groups in total. The number of piperidine rings is 1. The van der Waals surface area contributed by atoms with Gasteiger partial charge in [0.05, 0.1) is 6.04 Å². The van der Waals surface area contributed by atoms with Crippen LogP contribution in [0.2, 0.25) is 0 Å². The molecule has 0 spiro atoms. The smallest absolute Gasteiger partial charge is 0.253 e. The van der Waals surface area contributed by atoms with Crippen molar-refractivity contribution in [3.05, 3.63) is 35.4 Å². The van der Waals surface area contributed by atoms with Crippen LogP contribution in [0.4, 0.5) is 0 Å². The molecule has 3 amide bonds. The predicted octanol–water partition coefficient (Wildman–Crippen LogP) is 0.506. The van der Waals surface area contributed by atoms with E-state index in [4.69, 9.17) is 5.73 Å². The van der Waals surface area contributed by atoms with Gasteiger partial charge in [0.25, 0.3) is 5.91 Å². The van der Waals surface area contributed by atoms with E-state index >= 15 is 0 Å². The van der Waals surface area contributed by atoms with Crippen LogP contribution in [0.15, 0.2) is 24.3 Å². The fourth-order valence-corrected chi connectivity index (χ4v) is 3.65. The highest BCUT2D eigenvalue weighted by Crippen LogP contribution is 2.19. The molecule has 0 radical (unpaired) electrons. The Hall–Kier alpha value is -2.41. The maximum absolute atomic E-state index is 12.7. The van der Waals surface area contributed by atoms with E-state index in [1.165, 1.54) is 0 Å². The van der Waals surface area contributed by atoms with Crippen LogP contribution in [0, 0.1) is 5.92 Å². The lowest BCUT2D eigenvalue weighted by Crippen LogP contribution is -2.46. The summed E-state index contributed by atoms with van der Waals surface area (Å²) < 4.78 is 0. The maximum atomic E-state index is 12.7. The Morgan fingerprint density at radius 2 is 1.85 bits per heavy atom. The van der Waals surface area contributed by atoms with Crippen molar-refractivity contribution in [3.8, 4) is 0 Å². The molecule has 2 unspecified atom stereocenters. The molecular formula is C19H26N4O3. The molecule has 2 saturated heterocycles. The lowest BCUT2D eigenvalue weighted by atomic mass is 9.97. The van der Waals surface area contributed by atoms with Crippen LogP contribution >= 0.6 is 0 Å². The molecule has 3 rings (SSSR count). The van der Waals surface area contributed by atoms with Crippen molar-refractivity contribution in [3.63, 3.8) is 0 Å². The fourth-order valence-electron chi connectivity index (χ4n) is 3.65. The van der Waals surface area contributed by atoms with E-state index in [0.29, 0.717) is 30.8 Å². The van der Waals surface area contributed by atoms with Gasteiger partial charge in [0.15, 0.2) is 0 Å². The zero-order chi connectivity index (χ0) is 18.5. The quantitative estimate of drug-likeness (QED) is 0.713. The van der Waals surface area contributed by atoms with Gasteiger partial charge in [-0.2, -0.15) is 0 Å². The maximum Gasteiger partial charge on any atom is 0.253 e. The number of likely N-dealkylation sites (tertiary alicyclic amines) is 1. The van der Waals surface area contributed by atoms with Crippen LogP contribution in [-0.4, -0.2) is 54.8 Å². The number of nitrogens with zero attached hydrogens (tertiary/aromatic N) is 1. The minimum Gasteiger partial charge on any atom is -0.366 e. The summed E-state index contributed by atoms with van der Waals surface area (Å²) in [5.41, 5.74) is 6.17. The highest BCUT2D eigenvalue weighted by molar-refractivity contribution is 5.97. The van der Waals surface area contributed by atoms with E-state index in [-0.39, 0.29) is 23.8 Å². The molecule has 2 atom stereocenters. The number of benzene rings is 1. The second-order valence-corrected chi connectivity index (χ2v) is 7.10. The van der Waals surface area contributed by atoms with Crippen molar-refractivity contribution in [1.29, 1.82) is 0 Å². The number of primary amides is 1. The zero-order valence-electron chi connectivity index (χ0n) is 14.9. The summed E-state index contributed by atoms with van der Waals surface area (Å²) in [6, 6.07) is 6.36. The molecular weight excluding hydrogens is 332 g/mol. The van der Waals surface area contributed by atoms with Gasteiger partial charge >= 0.3 is 0 Å². The largest absolute Gasteiger partial charge is 0.366 e. The Labute approximate surface area is 153 Å². The van der Waals surface area contributed by atoms with Gasteiger partial charge in [0.2, 0.25) is 11.8 Å². The monoisotopic (exact) mass is 358 g/mol.